The number of nitrogens with one attached hydrogen (secondary N) is 2. The Morgan fingerprint density at radius 1 is 1.71 bits per heavy atom. The number of aromatic nitrogens is 1. The molecule has 1 rings (SSSR count). The number of carbonyl (C=O) groups is 1. The van der Waals surface area contributed by atoms with E-state index >= 15 is 0 Å². The first-order valence-electron chi connectivity index (χ1n) is 4.38. The average molecular weight is 191 g/mol. The van der Waals surface area contributed by atoms with Gasteiger partial charge in [0.2, 0.25) is 5.91 Å². The number of hydrogen-bond acceptors (Lipinski definition) is 2. The summed E-state index contributed by atoms with van der Waals surface area (Å²) in [6.07, 6.45) is 1.79. The molecule has 74 valence electrons. The van der Waals surface area contributed by atoms with Crippen LogP contribution in [-0.2, 0) is 11.3 Å². The summed E-state index contributed by atoms with van der Waals surface area (Å²) in [7, 11) is 0. The maximum atomic E-state index is 11.4. The van der Waals surface area contributed by atoms with Gasteiger partial charge < -0.3 is 10.3 Å². The van der Waals surface area contributed by atoms with E-state index in [9.17, 15) is 4.79 Å². The van der Waals surface area contributed by atoms with Crippen molar-refractivity contribution in [3.8, 4) is 6.07 Å². The highest BCUT2D eigenvalue weighted by Crippen LogP contribution is 2.12. The number of nitriles is 1. The van der Waals surface area contributed by atoms with Gasteiger partial charge in [0.25, 0.3) is 0 Å². The molecule has 0 spiro atoms. The van der Waals surface area contributed by atoms with E-state index in [0.717, 1.165) is 5.69 Å². The molecular formula is C10H13N3O. The molecule has 0 aromatic carbocycles. The predicted molar refractivity (Wildman–Crippen MR) is 52.0 cm³/mol. The molecule has 0 saturated carbocycles. The van der Waals surface area contributed by atoms with Crippen LogP contribution in [0.15, 0.2) is 18.3 Å². The fourth-order valence-corrected chi connectivity index (χ4v) is 0.925. The molecule has 1 amide bonds. The third-order valence-electron chi connectivity index (χ3n) is 1.95. The number of aromatic amines is 1. The molecule has 1 aromatic rings. The van der Waals surface area contributed by atoms with Crippen molar-refractivity contribution in [2.45, 2.75) is 20.4 Å². The minimum absolute atomic E-state index is 0.255. The lowest BCUT2D eigenvalue weighted by Gasteiger charge is -2.14. The second-order valence-corrected chi connectivity index (χ2v) is 3.61. The molecule has 0 fully saturated rings. The van der Waals surface area contributed by atoms with Crippen molar-refractivity contribution in [3.05, 3.63) is 24.0 Å². The molecule has 14 heavy (non-hydrogen) atoms. The molecule has 0 aliphatic carbocycles. The van der Waals surface area contributed by atoms with Gasteiger partial charge in [0.15, 0.2) is 0 Å². The van der Waals surface area contributed by atoms with Crippen molar-refractivity contribution in [3.63, 3.8) is 0 Å². The standard InChI is InChI=1S/C10H13N3O/c1-10(2,7-11)9(14)13-6-8-4-3-5-12-8/h3-5,12H,6H2,1-2H3,(H,13,14). The fourth-order valence-electron chi connectivity index (χ4n) is 0.925. The monoisotopic (exact) mass is 191 g/mol. The minimum Gasteiger partial charge on any atom is -0.364 e. The number of nitrogens with zero attached hydrogens (tertiary/aromatic N) is 1. The van der Waals surface area contributed by atoms with Crippen LogP contribution in [0.2, 0.25) is 0 Å². The zero-order chi connectivity index (χ0) is 10.6. The normalized spacial score (nSPS) is 10.6. The molecule has 0 saturated heterocycles. The third-order valence-corrected chi connectivity index (χ3v) is 1.95. The van der Waals surface area contributed by atoms with Crippen molar-refractivity contribution in [2.24, 2.45) is 5.41 Å². The van der Waals surface area contributed by atoms with Gasteiger partial charge in [-0.3, -0.25) is 4.79 Å². The number of hydrogen-bond donors (Lipinski definition) is 2. The summed E-state index contributed by atoms with van der Waals surface area (Å²) in [6.45, 7) is 3.62. The van der Waals surface area contributed by atoms with Crippen LogP contribution in [0, 0.1) is 16.7 Å². The van der Waals surface area contributed by atoms with Crippen LogP contribution in [0.3, 0.4) is 0 Å². The van der Waals surface area contributed by atoms with Crippen molar-refractivity contribution >= 4 is 5.91 Å². The average Bonchev–Trinajstić information content (AvgIpc) is 2.66. The Labute approximate surface area is 82.9 Å². The van der Waals surface area contributed by atoms with Crippen molar-refractivity contribution in [2.75, 3.05) is 0 Å². The molecule has 1 aromatic heterocycles. The predicted octanol–water partition coefficient (Wildman–Crippen LogP) is 1.18. The Hall–Kier alpha value is -1.76. The number of carbonyl (C=O) groups excluding carboxylic acids is 1. The van der Waals surface area contributed by atoms with Crippen LogP contribution in [0.4, 0.5) is 0 Å². The SMILES string of the molecule is CC(C)(C#N)C(=O)NCc1ccc[nH]1. The van der Waals surface area contributed by atoms with Gasteiger partial charge in [-0.25, -0.2) is 0 Å². The molecule has 4 nitrogen and oxygen atoms in total. The smallest absolute Gasteiger partial charge is 0.240 e. The van der Waals surface area contributed by atoms with Gasteiger partial charge >= 0.3 is 0 Å². The molecule has 0 aliphatic rings. The molecule has 0 radical (unpaired) electrons. The first-order chi connectivity index (χ1) is 6.56. The van der Waals surface area contributed by atoms with Crippen LogP contribution in [0.5, 0.6) is 0 Å². The highest BCUT2D eigenvalue weighted by Gasteiger charge is 2.26. The molecule has 1 heterocycles. The van der Waals surface area contributed by atoms with Gasteiger partial charge in [0.1, 0.15) is 5.41 Å². The van der Waals surface area contributed by atoms with E-state index in [-0.39, 0.29) is 5.91 Å². The summed E-state index contributed by atoms with van der Waals surface area (Å²) in [5.41, 5.74) is -0.0425. The lowest BCUT2D eigenvalue weighted by molar-refractivity contribution is -0.126. The first-order valence-corrected chi connectivity index (χ1v) is 4.38. The van der Waals surface area contributed by atoms with Crippen molar-refractivity contribution in [1.29, 1.82) is 5.26 Å². The van der Waals surface area contributed by atoms with Crippen LogP contribution >= 0.6 is 0 Å². The van der Waals surface area contributed by atoms with E-state index in [2.05, 4.69) is 10.3 Å². The Morgan fingerprint density at radius 3 is 2.93 bits per heavy atom. The Kier molecular flexibility index (Phi) is 2.92. The van der Waals surface area contributed by atoms with E-state index in [4.69, 9.17) is 5.26 Å². The molecule has 0 aliphatic heterocycles. The summed E-state index contributed by atoms with van der Waals surface area (Å²) in [6, 6.07) is 5.68. The van der Waals surface area contributed by atoms with Crippen molar-refractivity contribution < 1.29 is 4.79 Å². The Morgan fingerprint density at radius 2 is 2.43 bits per heavy atom. The summed E-state index contributed by atoms with van der Waals surface area (Å²) in [5.74, 6) is -0.255. The molecule has 4 heteroatoms. The summed E-state index contributed by atoms with van der Waals surface area (Å²) >= 11 is 0. The van der Waals surface area contributed by atoms with Gasteiger partial charge in [-0.15, -0.1) is 0 Å². The van der Waals surface area contributed by atoms with Crippen LogP contribution in [0.1, 0.15) is 19.5 Å². The van der Waals surface area contributed by atoms with E-state index in [1.54, 1.807) is 20.0 Å². The van der Waals surface area contributed by atoms with E-state index < -0.39 is 5.41 Å². The van der Waals surface area contributed by atoms with Gasteiger partial charge in [-0.2, -0.15) is 5.26 Å². The van der Waals surface area contributed by atoms with Crippen LogP contribution < -0.4 is 5.32 Å². The minimum atomic E-state index is -0.966. The summed E-state index contributed by atoms with van der Waals surface area (Å²) < 4.78 is 0. The zero-order valence-electron chi connectivity index (χ0n) is 8.29. The third kappa shape index (κ3) is 2.36. The van der Waals surface area contributed by atoms with Crippen LogP contribution in [-0.4, -0.2) is 10.9 Å². The molecule has 0 bridgehead atoms. The molecular weight excluding hydrogens is 178 g/mol. The summed E-state index contributed by atoms with van der Waals surface area (Å²) in [4.78, 5) is 14.4. The second kappa shape index (κ2) is 3.97. The maximum Gasteiger partial charge on any atom is 0.240 e. The van der Waals surface area contributed by atoms with Crippen molar-refractivity contribution in [1.82, 2.24) is 10.3 Å². The first kappa shape index (κ1) is 10.3. The Balaban J connectivity index is 2.48. The second-order valence-electron chi connectivity index (χ2n) is 3.61. The van der Waals surface area contributed by atoms with E-state index in [1.165, 1.54) is 0 Å². The van der Waals surface area contributed by atoms with Gasteiger partial charge in [-0.05, 0) is 26.0 Å². The number of rotatable bonds is 3. The van der Waals surface area contributed by atoms with Gasteiger partial charge in [0, 0.05) is 11.9 Å². The molecule has 0 atom stereocenters. The van der Waals surface area contributed by atoms with Gasteiger partial charge in [-0.1, -0.05) is 0 Å². The highest BCUT2D eigenvalue weighted by atomic mass is 16.2. The largest absolute Gasteiger partial charge is 0.364 e. The fraction of sp³-hybridized carbons (Fsp3) is 0.400. The van der Waals surface area contributed by atoms with Crippen LogP contribution in [0.25, 0.3) is 0 Å². The quantitative estimate of drug-likeness (QED) is 0.753. The highest BCUT2D eigenvalue weighted by molar-refractivity contribution is 5.84. The van der Waals surface area contributed by atoms with Gasteiger partial charge in [0.05, 0.1) is 12.6 Å². The molecule has 2 N–H and O–H groups in total. The molecule has 0 unspecified atom stereocenters. The lowest BCUT2D eigenvalue weighted by atomic mass is 9.95. The zero-order valence-corrected chi connectivity index (χ0v) is 8.29. The Bertz CT molecular complexity index is 346. The number of amides is 1. The van der Waals surface area contributed by atoms with E-state index in [0.29, 0.717) is 6.54 Å². The maximum absolute atomic E-state index is 11.4. The summed E-state index contributed by atoms with van der Waals surface area (Å²) in [5, 5.41) is 11.4. The topological polar surface area (TPSA) is 68.7 Å². The number of H-pyrrole nitrogens is 1. The lowest BCUT2D eigenvalue weighted by Crippen LogP contribution is -2.35. The van der Waals surface area contributed by atoms with E-state index in [1.807, 2.05) is 18.2 Å².